The van der Waals surface area contributed by atoms with Crippen LogP contribution in [0.1, 0.15) is 41.1 Å². The van der Waals surface area contributed by atoms with E-state index in [0.717, 1.165) is 19.6 Å². The van der Waals surface area contributed by atoms with Gasteiger partial charge in [-0.2, -0.15) is 0 Å². The third-order valence-corrected chi connectivity index (χ3v) is 3.94. The van der Waals surface area contributed by atoms with Gasteiger partial charge < -0.3 is 15.8 Å². The van der Waals surface area contributed by atoms with Crippen LogP contribution in [-0.2, 0) is 4.74 Å². The van der Waals surface area contributed by atoms with Crippen molar-refractivity contribution >= 4 is 0 Å². The lowest BCUT2D eigenvalue weighted by molar-refractivity contribution is 0.107. The van der Waals surface area contributed by atoms with Crippen LogP contribution in [0, 0.1) is 20.8 Å². The topological polar surface area (TPSA) is 47.3 Å². The van der Waals surface area contributed by atoms with Crippen LogP contribution in [0.25, 0.3) is 0 Å². The first kappa shape index (κ1) is 14.5. The fraction of sp³-hybridized carbons (Fsp3) is 0.625. The second kappa shape index (κ2) is 6.51. The lowest BCUT2D eigenvalue weighted by Gasteiger charge is -2.23. The Balaban J connectivity index is 2.08. The van der Waals surface area contributed by atoms with Gasteiger partial charge in [0.25, 0.3) is 0 Å². The van der Waals surface area contributed by atoms with Crippen LogP contribution in [0.4, 0.5) is 0 Å². The quantitative estimate of drug-likeness (QED) is 0.856. The number of nitrogens with two attached hydrogens (primary N) is 1. The summed E-state index contributed by atoms with van der Waals surface area (Å²) in [6.07, 6.45) is 2.71. The highest BCUT2D eigenvalue weighted by molar-refractivity contribution is 5.39. The summed E-state index contributed by atoms with van der Waals surface area (Å²) in [4.78, 5) is 0. The Morgan fingerprint density at radius 3 is 2.53 bits per heavy atom. The maximum absolute atomic E-state index is 5.96. The minimum atomic E-state index is 0.227. The summed E-state index contributed by atoms with van der Waals surface area (Å²) in [5.74, 6) is 0. The Morgan fingerprint density at radius 2 is 2.00 bits per heavy atom. The molecule has 3 nitrogen and oxygen atoms in total. The number of hydrogen-bond donors (Lipinski definition) is 2. The van der Waals surface area contributed by atoms with Crippen molar-refractivity contribution in [2.24, 2.45) is 5.73 Å². The lowest BCUT2D eigenvalue weighted by Crippen LogP contribution is -2.35. The Bertz CT molecular complexity index is 402. The summed E-state index contributed by atoms with van der Waals surface area (Å²) in [7, 11) is 0. The van der Waals surface area contributed by atoms with Gasteiger partial charge >= 0.3 is 0 Å². The molecule has 0 aliphatic carbocycles. The summed E-state index contributed by atoms with van der Waals surface area (Å²) in [6, 6.07) is 4.70. The first-order chi connectivity index (χ1) is 9.11. The van der Waals surface area contributed by atoms with Crippen molar-refractivity contribution in [3.63, 3.8) is 0 Å². The molecule has 1 saturated heterocycles. The summed E-state index contributed by atoms with van der Waals surface area (Å²) in [5, 5.41) is 3.58. The first-order valence-electron chi connectivity index (χ1n) is 7.24. The van der Waals surface area contributed by atoms with Gasteiger partial charge in [0.15, 0.2) is 0 Å². The molecule has 0 amide bonds. The Kier molecular flexibility index (Phi) is 4.97. The monoisotopic (exact) mass is 262 g/mol. The minimum Gasteiger partial charge on any atom is -0.377 e. The van der Waals surface area contributed by atoms with Crippen molar-refractivity contribution in [1.82, 2.24) is 5.32 Å². The van der Waals surface area contributed by atoms with Crippen LogP contribution in [0.2, 0.25) is 0 Å². The molecule has 2 unspecified atom stereocenters. The molecule has 3 N–H and O–H groups in total. The average molecular weight is 262 g/mol. The van der Waals surface area contributed by atoms with Crippen LogP contribution in [0.15, 0.2) is 12.1 Å². The van der Waals surface area contributed by atoms with Gasteiger partial charge in [-0.05, 0) is 50.3 Å². The van der Waals surface area contributed by atoms with Crippen molar-refractivity contribution in [2.45, 2.75) is 45.8 Å². The minimum absolute atomic E-state index is 0.227. The second-order valence-corrected chi connectivity index (χ2v) is 5.64. The highest BCUT2D eigenvalue weighted by Crippen LogP contribution is 2.23. The molecule has 1 aliphatic rings. The second-order valence-electron chi connectivity index (χ2n) is 5.64. The number of benzene rings is 1. The third kappa shape index (κ3) is 3.56. The van der Waals surface area contributed by atoms with E-state index in [1.807, 2.05) is 0 Å². The highest BCUT2D eigenvalue weighted by atomic mass is 16.5. The SMILES string of the molecule is Cc1cc(C)c(C(CN)NCC2CCCO2)c(C)c1. The largest absolute Gasteiger partial charge is 0.377 e. The Labute approximate surface area is 116 Å². The zero-order chi connectivity index (χ0) is 13.8. The first-order valence-corrected chi connectivity index (χ1v) is 7.24. The molecule has 0 aromatic heterocycles. The highest BCUT2D eigenvalue weighted by Gasteiger charge is 2.19. The molecule has 2 atom stereocenters. The molecule has 19 heavy (non-hydrogen) atoms. The van der Waals surface area contributed by atoms with Crippen LogP contribution < -0.4 is 11.1 Å². The molecular weight excluding hydrogens is 236 g/mol. The van der Waals surface area contributed by atoms with Crippen molar-refractivity contribution < 1.29 is 4.74 Å². The molecule has 0 saturated carbocycles. The van der Waals surface area contributed by atoms with Crippen molar-refractivity contribution in [2.75, 3.05) is 19.7 Å². The number of nitrogens with one attached hydrogen (secondary N) is 1. The number of aryl methyl sites for hydroxylation is 3. The molecule has 2 rings (SSSR count). The normalized spacial score (nSPS) is 20.7. The Morgan fingerprint density at radius 1 is 1.32 bits per heavy atom. The van der Waals surface area contributed by atoms with E-state index in [9.17, 15) is 0 Å². The molecule has 106 valence electrons. The van der Waals surface area contributed by atoms with Crippen LogP contribution in [0.5, 0.6) is 0 Å². The maximum atomic E-state index is 5.96. The maximum Gasteiger partial charge on any atom is 0.0700 e. The zero-order valence-corrected chi connectivity index (χ0v) is 12.3. The lowest BCUT2D eigenvalue weighted by atomic mass is 9.94. The van der Waals surface area contributed by atoms with E-state index in [0.29, 0.717) is 12.6 Å². The molecule has 3 heteroatoms. The van der Waals surface area contributed by atoms with Gasteiger partial charge in [0.1, 0.15) is 0 Å². The van der Waals surface area contributed by atoms with Crippen molar-refractivity contribution in [3.8, 4) is 0 Å². The molecule has 0 radical (unpaired) electrons. The van der Waals surface area contributed by atoms with Crippen LogP contribution >= 0.6 is 0 Å². The number of hydrogen-bond acceptors (Lipinski definition) is 3. The van der Waals surface area contributed by atoms with Gasteiger partial charge in [-0.1, -0.05) is 17.7 Å². The van der Waals surface area contributed by atoms with Crippen molar-refractivity contribution in [3.05, 3.63) is 34.4 Å². The molecular formula is C16H26N2O. The molecule has 0 spiro atoms. The summed E-state index contributed by atoms with van der Waals surface area (Å²) < 4.78 is 5.66. The number of ether oxygens (including phenoxy) is 1. The van der Waals surface area contributed by atoms with Gasteiger partial charge in [0.2, 0.25) is 0 Å². The van der Waals surface area contributed by atoms with Crippen molar-refractivity contribution in [1.29, 1.82) is 0 Å². The number of rotatable bonds is 5. The summed E-state index contributed by atoms with van der Waals surface area (Å²) in [6.45, 7) is 8.91. The van der Waals surface area contributed by atoms with Crippen LogP contribution in [-0.4, -0.2) is 25.8 Å². The molecule has 1 fully saturated rings. The fourth-order valence-electron chi connectivity index (χ4n) is 3.12. The third-order valence-electron chi connectivity index (χ3n) is 3.94. The molecule has 0 bridgehead atoms. The molecule has 1 aromatic carbocycles. The van der Waals surface area contributed by atoms with Gasteiger partial charge in [0.05, 0.1) is 6.10 Å². The van der Waals surface area contributed by atoms with Gasteiger partial charge in [-0.15, -0.1) is 0 Å². The van der Waals surface area contributed by atoms with E-state index in [2.05, 4.69) is 38.2 Å². The Hall–Kier alpha value is -0.900. The molecule has 1 aromatic rings. The van der Waals surface area contributed by atoms with E-state index < -0.39 is 0 Å². The van der Waals surface area contributed by atoms with E-state index in [1.54, 1.807) is 0 Å². The standard InChI is InChI=1S/C16H26N2O/c1-11-7-12(2)16(13(3)8-11)15(9-17)18-10-14-5-4-6-19-14/h7-8,14-15,18H,4-6,9-10,17H2,1-3H3. The predicted octanol–water partition coefficient (Wildman–Crippen LogP) is 2.38. The van der Waals surface area contributed by atoms with E-state index in [1.165, 1.54) is 28.7 Å². The van der Waals surface area contributed by atoms with E-state index in [-0.39, 0.29) is 6.04 Å². The fourth-order valence-corrected chi connectivity index (χ4v) is 3.12. The van der Waals surface area contributed by atoms with Gasteiger partial charge in [-0.25, -0.2) is 0 Å². The van der Waals surface area contributed by atoms with Gasteiger partial charge in [-0.3, -0.25) is 0 Å². The summed E-state index contributed by atoms with van der Waals surface area (Å²) >= 11 is 0. The molecule has 1 heterocycles. The smallest absolute Gasteiger partial charge is 0.0700 e. The summed E-state index contributed by atoms with van der Waals surface area (Å²) in [5.41, 5.74) is 11.3. The predicted molar refractivity (Wildman–Crippen MR) is 79.4 cm³/mol. The van der Waals surface area contributed by atoms with Gasteiger partial charge in [0, 0.05) is 25.7 Å². The van der Waals surface area contributed by atoms with Crippen LogP contribution in [0.3, 0.4) is 0 Å². The zero-order valence-electron chi connectivity index (χ0n) is 12.3. The molecule has 1 aliphatic heterocycles. The van der Waals surface area contributed by atoms with E-state index in [4.69, 9.17) is 10.5 Å². The van der Waals surface area contributed by atoms with E-state index >= 15 is 0 Å². The average Bonchev–Trinajstić information content (AvgIpc) is 2.85.